The van der Waals surface area contributed by atoms with Crippen LogP contribution in [0.15, 0.2) is 47.5 Å². The highest BCUT2D eigenvalue weighted by atomic mass is 16.1. The molecule has 94 valence electrons. The Balaban J connectivity index is 2.23. The minimum atomic E-state index is -0.0307. The summed E-state index contributed by atoms with van der Waals surface area (Å²) in [5, 5.41) is 0. The van der Waals surface area contributed by atoms with Crippen LogP contribution in [0.25, 0.3) is 0 Å². The lowest BCUT2D eigenvalue weighted by atomic mass is 9.99. The Labute approximate surface area is 106 Å². The Bertz CT molecular complexity index is 563. The SMILES string of the molecule is Cc1cc(=O)n(CC(CN)c2ccccc2)cn1. The predicted molar refractivity (Wildman–Crippen MR) is 71.5 cm³/mol. The zero-order valence-corrected chi connectivity index (χ0v) is 10.4. The van der Waals surface area contributed by atoms with Gasteiger partial charge in [0.1, 0.15) is 0 Å². The van der Waals surface area contributed by atoms with E-state index in [1.165, 1.54) is 0 Å². The molecule has 0 amide bonds. The molecule has 4 nitrogen and oxygen atoms in total. The van der Waals surface area contributed by atoms with Gasteiger partial charge in [-0.15, -0.1) is 0 Å². The van der Waals surface area contributed by atoms with Crippen molar-refractivity contribution < 1.29 is 0 Å². The fourth-order valence-corrected chi connectivity index (χ4v) is 1.93. The minimum absolute atomic E-state index is 0.0307. The summed E-state index contributed by atoms with van der Waals surface area (Å²) in [6.07, 6.45) is 1.59. The highest BCUT2D eigenvalue weighted by molar-refractivity contribution is 5.19. The lowest BCUT2D eigenvalue weighted by molar-refractivity contribution is 0.544. The van der Waals surface area contributed by atoms with Crippen molar-refractivity contribution in [2.24, 2.45) is 5.73 Å². The van der Waals surface area contributed by atoms with Crippen molar-refractivity contribution in [1.29, 1.82) is 0 Å². The molecule has 4 heteroatoms. The van der Waals surface area contributed by atoms with Crippen molar-refractivity contribution in [2.75, 3.05) is 6.54 Å². The first kappa shape index (κ1) is 12.5. The average Bonchev–Trinajstić information content (AvgIpc) is 2.39. The van der Waals surface area contributed by atoms with Crippen molar-refractivity contribution in [2.45, 2.75) is 19.4 Å². The minimum Gasteiger partial charge on any atom is -0.330 e. The van der Waals surface area contributed by atoms with E-state index in [-0.39, 0.29) is 11.5 Å². The number of nitrogens with two attached hydrogens (primary N) is 1. The van der Waals surface area contributed by atoms with Crippen LogP contribution in [-0.4, -0.2) is 16.1 Å². The fraction of sp³-hybridized carbons (Fsp3) is 0.286. The monoisotopic (exact) mass is 243 g/mol. The van der Waals surface area contributed by atoms with Crippen LogP contribution in [0.3, 0.4) is 0 Å². The van der Waals surface area contributed by atoms with Crippen molar-refractivity contribution in [1.82, 2.24) is 9.55 Å². The topological polar surface area (TPSA) is 60.9 Å². The highest BCUT2D eigenvalue weighted by Gasteiger charge is 2.11. The summed E-state index contributed by atoms with van der Waals surface area (Å²) in [6, 6.07) is 11.5. The second kappa shape index (κ2) is 5.60. The number of hydrogen-bond donors (Lipinski definition) is 1. The van der Waals surface area contributed by atoms with Crippen LogP contribution >= 0.6 is 0 Å². The van der Waals surface area contributed by atoms with E-state index in [0.29, 0.717) is 13.1 Å². The molecule has 0 aliphatic rings. The average molecular weight is 243 g/mol. The Kier molecular flexibility index (Phi) is 3.89. The van der Waals surface area contributed by atoms with E-state index in [0.717, 1.165) is 11.3 Å². The lowest BCUT2D eigenvalue weighted by Crippen LogP contribution is -2.26. The molecule has 0 saturated heterocycles. The molecule has 18 heavy (non-hydrogen) atoms. The fourth-order valence-electron chi connectivity index (χ4n) is 1.93. The molecular weight excluding hydrogens is 226 g/mol. The normalized spacial score (nSPS) is 12.3. The van der Waals surface area contributed by atoms with Crippen molar-refractivity contribution in [3.8, 4) is 0 Å². The third kappa shape index (κ3) is 2.84. The Morgan fingerprint density at radius 1 is 1.33 bits per heavy atom. The van der Waals surface area contributed by atoms with Crippen molar-refractivity contribution >= 4 is 0 Å². The van der Waals surface area contributed by atoms with Gasteiger partial charge in [0.05, 0.1) is 6.33 Å². The first-order valence-electron chi connectivity index (χ1n) is 5.99. The van der Waals surface area contributed by atoms with Crippen molar-refractivity contribution in [3.05, 3.63) is 64.3 Å². The van der Waals surface area contributed by atoms with Gasteiger partial charge in [0.25, 0.3) is 5.56 Å². The van der Waals surface area contributed by atoms with E-state index < -0.39 is 0 Å². The van der Waals surface area contributed by atoms with Gasteiger partial charge in [0, 0.05) is 30.8 Å². The standard InChI is InChI=1S/C14H17N3O/c1-11-7-14(18)17(10-16-11)9-13(8-15)12-5-3-2-4-6-12/h2-7,10,13H,8-9,15H2,1H3. The van der Waals surface area contributed by atoms with Gasteiger partial charge in [0.2, 0.25) is 0 Å². The summed E-state index contributed by atoms with van der Waals surface area (Å²) >= 11 is 0. The summed E-state index contributed by atoms with van der Waals surface area (Å²) in [4.78, 5) is 15.9. The molecular formula is C14H17N3O. The Morgan fingerprint density at radius 2 is 2.06 bits per heavy atom. The van der Waals surface area contributed by atoms with Gasteiger partial charge >= 0.3 is 0 Å². The molecule has 1 atom stereocenters. The van der Waals surface area contributed by atoms with E-state index in [1.54, 1.807) is 17.0 Å². The van der Waals surface area contributed by atoms with Gasteiger partial charge in [-0.1, -0.05) is 30.3 Å². The van der Waals surface area contributed by atoms with Crippen LogP contribution in [0, 0.1) is 6.92 Å². The van der Waals surface area contributed by atoms with Gasteiger partial charge in [0.15, 0.2) is 0 Å². The van der Waals surface area contributed by atoms with Gasteiger partial charge < -0.3 is 5.73 Å². The van der Waals surface area contributed by atoms with Gasteiger partial charge in [-0.25, -0.2) is 4.98 Å². The molecule has 2 N–H and O–H groups in total. The molecule has 0 bridgehead atoms. The van der Waals surface area contributed by atoms with Crippen LogP contribution < -0.4 is 11.3 Å². The van der Waals surface area contributed by atoms with E-state index >= 15 is 0 Å². The number of aryl methyl sites for hydroxylation is 1. The maximum atomic E-state index is 11.8. The quantitative estimate of drug-likeness (QED) is 0.880. The summed E-state index contributed by atoms with van der Waals surface area (Å²) in [7, 11) is 0. The third-order valence-electron chi connectivity index (χ3n) is 2.99. The molecule has 2 rings (SSSR count). The molecule has 2 aromatic rings. The molecule has 0 radical (unpaired) electrons. The zero-order chi connectivity index (χ0) is 13.0. The molecule has 1 unspecified atom stereocenters. The first-order valence-corrected chi connectivity index (χ1v) is 5.99. The van der Waals surface area contributed by atoms with Crippen molar-refractivity contribution in [3.63, 3.8) is 0 Å². The third-order valence-corrected chi connectivity index (χ3v) is 2.99. The van der Waals surface area contributed by atoms with Gasteiger partial charge in [-0.2, -0.15) is 0 Å². The molecule has 1 aromatic heterocycles. The maximum Gasteiger partial charge on any atom is 0.253 e. The second-order valence-corrected chi connectivity index (χ2v) is 4.36. The number of hydrogen-bond acceptors (Lipinski definition) is 3. The van der Waals surface area contributed by atoms with E-state index in [4.69, 9.17) is 5.73 Å². The molecule has 0 spiro atoms. The number of aromatic nitrogens is 2. The summed E-state index contributed by atoms with van der Waals surface area (Å²) in [6.45, 7) is 2.88. The molecule has 1 aromatic carbocycles. The van der Waals surface area contributed by atoms with Crippen LogP contribution in [-0.2, 0) is 6.54 Å². The van der Waals surface area contributed by atoms with Crippen LogP contribution in [0.5, 0.6) is 0 Å². The predicted octanol–water partition coefficient (Wildman–Crippen LogP) is 1.29. The second-order valence-electron chi connectivity index (χ2n) is 4.36. The maximum absolute atomic E-state index is 11.8. The highest BCUT2D eigenvalue weighted by Crippen LogP contribution is 2.15. The smallest absolute Gasteiger partial charge is 0.253 e. The van der Waals surface area contributed by atoms with E-state index in [9.17, 15) is 4.79 Å². The first-order chi connectivity index (χ1) is 8.70. The Morgan fingerprint density at radius 3 is 2.67 bits per heavy atom. The summed E-state index contributed by atoms with van der Waals surface area (Å²) in [5.74, 6) is 0.133. The van der Waals surface area contributed by atoms with Gasteiger partial charge in [-0.05, 0) is 12.5 Å². The molecule has 0 saturated carbocycles. The van der Waals surface area contributed by atoms with Gasteiger partial charge in [-0.3, -0.25) is 9.36 Å². The van der Waals surface area contributed by atoms with Crippen LogP contribution in [0.4, 0.5) is 0 Å². The van der Waals surface area contributed by atoms with E-state index in [2.05, 4.69) is 4.98 Å². The lowest BCUT2D eigenvalue weighted by Gasteiger charge is -2.16. The number of rotatable bonds is 4. The number of benzene rings is 1. The van der Waals surface area contributed by atoms with Crippen LogP contribution in [0.2, 0.25) is 0 Å². The largest absolute Gasteiger partial charge is 0.330 e. The molecule has 0 aliphatic heterocycles. The Hall–Kier alpha value is -1.94. The molecule has 1 heterocycles. The molecule has 0 aliphatic carbocycles. The zero-order valence-electron chi connectivity index (χ0n) is 10.4. The summed E-state index contributed by atoms with van der Waals surface area (Å²) in [5.41, 5.74) is 7.65. The van der Waals surface area contributed by atoms with Crippen LogP contribution in [0.1, 0.15) is 17.2 Å². The van der Waals surface area contributed by atoms with E-state index in [1.807, 2.05) is 37.3 Å². The summed E-state index contributed by atoms with van der Waals surface area (Å²) < 4.78 is 1.61. The number of nitrogens with zero attached hydrogens (tertiary/aromatic N) is 2. The molecule has 0 fully saturated rings.